The number of carboxylic acid groups (broad SMARTS) is 1. The number of carbonyl (C=O) groups excluding carboxylic acids is 2. The third-order valence-corrected chi connectivity index (χ3v) is 18.6. The first-order valence-corrected chi connectivity index (χ1v) is 41.9. The first kappa shape index (κ1) is 94.2. The van der Waals surface area contributed by atoms with Crippen molar-refractivity contribution < 1.29 is 42.9 Å². The Kier molecular flexibility index (Phi) is 75.9. The molecule has 1 N–H and O–H groups in total. The summed E-state index contributed by atoms with van der Waals surface area (Å²) < 4.78 is 23.1. The summed E-state index contributed by atoms with van der Waals surface area (Å²) >= 11 is 0. The molecule has 0 saturated carbocycles. The Hall–Kier alpha value is -3.79. The van der Waals surface area contributed by atoms with Crippen molar-refractivity contribution in [2.75, 3.05) is 47.5 Å². The molecule has 568 valence electrons. The molecular weight excluding hydrogens is 1210 g/mol. The van der Waals surface area contributed by atoms with Crippen molar-refractivity contribution >= 4 is 17.9 Å². The van der Waals surface area contributed by atoms with Gasteiger partial charge in [-0.1, -0.05) is 400 Å². The van der Waals surface area contributed by atoms with E-state index in [9.17, 15) is 19.5 Å². The van der Waals surface area contributed by atoms with Gasteiger partial charge in [0.25, 0.3) is 6.29 Å². The van der Waals surface area contributed by atoms with Gasteiger partial charge in [0, 0.05) is 12.8 Å². The van der Waals surface area contributed by atoms with Crippen LogP contribution in [0.3, 0.4) is 0 Å². The van der Waals surface area contributed by atoms with E-state index in [4.69, 9.17) is 18.9 Å². The topological polar surface area (TPSA) is 108 Å². The number of rotatable bonds is 78. The van der Waals surface area contributed by atoms with Crippen LogP contribution < -0.4 is 0 Å². The van der Waals surface area contributed by atoms with E-state index in [2.05, 4.69) is 111 Å². The van der Waals surface area contributed by atoms with Crippen molar-refractivity contribution in [2.45, 2.75) is 405 Å². The van der Waals surface area contributed by atoms with Crippen LogP contribution in [-0.2, 0) is 33.3 Å². The number of likely N-dealkylation sites (N-methyl/N-ethyl adjacent to an activating group) is 1. The Balaban J connectivity index is 3.99. The van der Waals surface area contributed by atoms with E-state index in [0.717, 1.165) is 89.9 Å². The van der Waals surface area contributed by atoms with Crippen LogP contribution in [0, 0.1) is 0 Å². The second kappa shape index (κ2) is 78.9. The Morgan fingerprint density at radius 1 is 0.316 bits per heavy atom. The van der Waals surface area contributed by atoms with Gasteiger partial charge in [-0.05, 0) is 77.0 Å². The molecule has 2 unspecified atom stereocenters. The molecule has 0 heterocycles. The summed E-state index contributed by atoms with van der Waals surface area (Å²) in [6.45, 7) is 4.83. The number of aliphatic carboxylic acids is 1. The van der Waals surface area contributed by atoms with E-state index in [0.29, 0.717) is 17.4 Å². The summed E-state index contributed by atoms with van der Waals surface area (Å²) in [7, 11) is 5.99. The summed E-state index contributed by atoms with van der Waals surface area (Å²) in [5.41, 5.74) is 0. The highest BCUT2D eigenvalue weighted by Gasteiger charge is 2.25. The summed E-state index contributed by atoms with van der Waals surface area (Å²) in [5, 5.41) is 9.78. The van der Waals surface area contributed by atoms with E-state index in [-0.39, 0.29) is 38.2 Å². The molecule has 9 heteroatoms. The molecular formula is C89H160NO8+. The van der Waals surface area contributed by atoms with Gasteiger partial charge in [0.05, 0.1) is 34.4 Å². The molecule has 0 aliphatic heterocycles. The van der Waals surface area contributed by atoms with Crippen LogP contribution in [0.2, 0.25) is 0 Å². The van der Waals surface area contributed by atoms with Crippen molar-refractivity contribution in [1.82, 2.24) is 0 Å². The van der Waals surface area contributed by atoms with Crippen LogP contribution >= 0.6 is 0 Å². The van der Waals surface area contributed by atoms with Crippen LogP contribution in [0.1, 0.15) is 393 Å². The molecule has 0 rings (SSSR count). The van der Waals surface area contributed by atoms with Crippen LogP contribution in [0.5, 0.6) is 0 Å². The lowest BCUT2D eigenvalue weighted by atomic mass is 10.0. The molecule has 2 atom stereocenters. The average molecular weight is 1370 g/mol. The molecule has 0 aliphatic carbocycles. The van der Waals surface area contributed by atoms with E-state index in [1.54, 1.807) is 0 Å². The lowest BCUT2D eigenvalue weighted by Crippen LogP contribution is -2.40. The van der Waals surface area contributed by atoms with Crippen molar-refractivity contribution in [3.63, 3.8) is 0 Å². The minimum absolute atomic E-state index is 0.179. The van der Waals surface area contributed by atoms with Gasteiger partial charge >= 0.3 is 17.9 Å². The standard InChI is InChI=1S/C89H159NO8/c1-6-8-10-12-14-16-18-20-22-24-26-28-30-32-34-36-38-40-41-42-43-44-45-46-47-48-50-52-54-56-58-60-62-64-66-68-70-72-74-76-78-80-87(92)98-85(84-97-89(88(93)94)95-82-81-90(3,4)5)83-96-86(91)79-77-75-73-71-69-67-65-63-61-59-57-55-53-51-49-39-37-35-33-31-29-27-25-23-21-19-17-15-13-11-9-7-2/h8,10,14,16,20,22,26,28,32,34,38,40,42-43,45-46,85,89H,6-7,9,11-13,15,17-19,21,23-25,27,29-31,33,35-37,39,41,44,47-84H2,1-5H3/p+1/b10-8-,16-14-,22-20-,28-26-,34-32-,40-38-,43-42-,46-45-. The highest BCUT2D eigenvalue weighted by molar-refractivity contribution is 5.71. The zero-order valence-corrected chi connectivity index (χ0v) is 65.2. The second-order valence-electron chi connectivity index (χ2n) is 29.4. The molecule has 0 aromatic rings. The molecule has 0 radical (unpaired) electrons. The average Bonchev–Trinajstić information content (AvgIpc) is 1.40. The van der Waals surface area contributed by atoms with Gasteiger partial charge in [0.1, 0.15) is 13.2 Å². The Morgan fingerprint density at radius 2 is 0.582 bits per heavy atom. The summed E-state index contributed by atoms with van der Waals surface area (Å²) in [5.74, 6) is -1.98. The van der Waals surface area contributed by atoms with Gasteiger partial charge < -0.3 is 28.5 Å². The summed E-state index contributed by atoms with van der Waals surface area (Å²) in [6, 6.07) is 0. The van der Waals surface area contributed by atoms with Crippen LogP contribution in [0.15, 0.2) is 97.2 Å². The number of quaternary nitrogens is 1. The molecule has 0 amide bonds. The zero-order chi connectivity index (χ0) is 71.1. The molecule has 0 bridgehead atoms. The van der Waals surface area contributed by atoms with Crippen LogP contribution in [0.25, 0.3) is 0 Å². The zero-order valence-electron chi connectivity index (χ0n) is 65.2. The largest absolute Gasteiger partial charge is 0.477 e. The number of carbonyl (C=O) groups is 3. The lowest BCUT2D eigenvalue weighted by molar-refractivity contribution is -0.870. The Bertz CT molecular complexity index is 1940. The summed E-state index contributed by atoms with van der Waals surface area (Å²) in [6.07, 6.45) is 107. The van der Waals surface area contributed by atoms with Crippen molar-refractivity contribution in [2.24, 2.45) is 0 Å². The number of hydrogen-bond donors (Lipinski definition) is 1. The molecule has 0 aromatic carbocycles. The second-order valence-corrected chi connectivity index (χ2v) is 29.4. The van der Waals surface area contributed by atoms with Gasteiger partial charge in [-0.2, -0.15) is 0 Å². The van der Waals surface area contributed by atoms with Gasteiger partial charge in [-0.3, -0.25) is 9.59 Å². The first-order chi connectivity index (χ1) is 48.1. The van der Waals surface area contributed by atoms with E-state index < -0.39 is 18.4 Å². The monoisotopic (exact) mass is 1370 g/mol. The number of allylic oxidation sites excluding steroid dienone is 16. The number of nitrogens with zero attached hydrogens (tertiary/aromatic N) is 1. The Morgan fingerprint density at radius 3 is 0.867 bits per heavy atom. The quantitative estimate of drug-likeness (QED) is 0.0211. The van der Waals surface area contributed by atoms with Gasteiger partial charge in [-0.15, -0.1) is 0 Å². The van der Waals surface area contributed by atoms with Gasteiger partial charge in [0.2, 0.25) is 0 Å². The van der Waals surface area contributed by atoms with E-state index >= 15 is 0 Å². The minimum atomic E-state index is -1.51. The number of ether oxygens (including phenoxy) is 4. The van der Waals surface area contributed by atoms with Gasteiger partial charge in [0.15, 0.2) is 6.10 Å². The van der Waals surface area contributed by atoms with Crippen molar-refractivity contribution in [3.05, 3.63) is 97.2 Å². The molecule has 0 spiro atoms. The molecule has 9 nitrogen and oxygen atoms in total. The van der Waals surface area contributed by atoms with Crippen molar-refractivity contribution in [1.29, 1.82) is 0 Å². The third kappa shape index (κ3) is 79.5. The number of esters is 2. The summed E-state index contributed by atoms with van der Waals surface area (Å²) in [4.78, 5) is 37.8. The molecule has 0 aromatic heterocycles. The maximum atomic E-state index is 13.0. The highest BCUT2D eigenvalue weighted by atomic mass is 16.7. The smallest absolute Gasteiger partial charge is 0.361 e. The third-order valence-electron chi connectivity index (χ3n) is 18.6. The predicted molar refractivity (Wildman–Crippen MR) is 424 cm³/mol. The normalized spacial score (nSPS) is 13.1. The number of hydrogen-bond acceptors (Lipinski definition) is 7. The maximum absolute atomic E-state index is 13.0. The minimum Gasteiger partial charge on any atom is -0.477 e. The SMILES string of the molecule is CC/C=C\C/C=C\C/C=C\C/C=C\C/C=C\C/C=C\C/C=C\C/C=C\CCCCCCCCCCCCCCCCCCC(=O)OC(COC(=O)CCCCCCCCCCCCCCCCCCCCCCCCCCCCCCCCCC)COC(OCC[N+](C)(C)C)C(=O)O. The lowest BCUT2D eigenvalue weighted by Gasteiger charge is -2.25. The van der Waals surface area contributed by atoms with E-state index in [1.807, 2.05) is 21.1 Å². The van der Waals surface area contributed by atoms with Crippen LogP contribution in [-0.4, -0.2) is 87.4 Å². The Labute approximate surface area is 607 Å². The van der Waals surface area contributed by atoms with E-state index in [1.165, 1.54) is 276 Å². The number of unbranched alkanes of at least 4 members (excludes halogenated alkanes) is 47. The maximum Gasteiger partial charge on any atom is 0.361 e. The first-order valence-electron chi connectivity index (χ1n) is 41.9. The fourth-order valence-corrected chi connectivity index (χ4v) is 12.3. The van der Waals surface area contributed by atoms with Crippen molar-refractivity contribution in [3.8, 4) is 0 Å². The predicted octanol–water partition coefficient (Wildman–Crippen LogP) is 27.1. The van der Waals surface area contributed by atoms with Crippen LogP contribution in [0.4, 0.5) is 0 Å². The fourth-order valence-electron chi connectivity index (χ4n) is 12.3. The fraction of sp³-hybridized carbons (Fsp3) is 0.787. The number of carboxylic acids is 1. The molecule has 0 aliphatic rings. The van der Waals surface area contributed by atoms with Gasteiger partial charge in [-0.25, -0.2) is 4.79 Å². The molecule has 98 heavy (non-hydrogen) atoms. The highest BCUT2D eigenvalue weighted by Crippen LogP contribution is 2.20. The molecule has 0 fully saturated rings. The molecule has 0 saturated heterocycles.